The number of aliphatic hydroxyl groups excluding tert-OH is 1. The van der Waals surface area contributed by atoms with Crippen LogP contribution in [-0.4, -0.2) is 28.3 Å². The maximum atomic E-state index is 10.3. The Labute approximate surface area is 89.9 Å². The number of rotatable bonds is 6. The molecule has 0 heterocycles. The summed E-state index contributed by atoms with van der Waals surface area (Å²) in [6.45, 7) is 0. The first-order valence-electron chi connectivity index (χ1n) is 4.19. The predicted octanol–water partition coefficient (Wildman–Crippen LogP) is 0.375. The average molecular weight is 222 g/mol. The van der Waals surface area contributed by atoms with Crippen molar-refractivity contribution in [2.24, 2.45) is 5.73 Å². The van der Waals surface area contributed by atoms with E-state index in [0.29, 0.717) is 19.3 Å². The minimum absolute atomic E-state index is 0. The number of aliphatic carboxylic acids is 1. The number of carboxylic acids is 1. The fraction of sp³-hybridized carbons (Fsp3) is 0.667. The number of hydrogen-bond acceptors (Lipinski definition) is 3. The fourth-order valence-corrected chi connectivity index (χ4v) is 0.925. The van der Waals surface area contributed by atoms with Gasteiger partial charge in [0.2, 0.25) is 0 Å². The summed E-state index contributed by atoms with van der Waals surface area (Å²) < 4.78 is 0. The van der Waals surface area contributed by atoms with Gasteiger partial charge in [-0.15, -0.1) is 24.8 Å². The SMILES string of the molecule is C#CCCCCC(O)C(N)C(=O)O.Cl. The lowest BCUT2D eigenvalue weighted by Crippen LogP contribution is -2.41. The molecule has 2 atom stereocenters. The van der Waals surface area contributed by atoms with Gasteiger partial charge in [0.25, 0.3) is 0 Å². The van der Waals surface area contributed by atoms with E-state index in [1.54, 1.807) is 0 Å². The van der Waals surface area contributed by atoms with Gasteiger partial charge >= 0.3 is 5.97 Å². The van der Waals surface area contributed by atoms with Gasteiger partial charge in [-0.25, -0.2) is 0 Å². The standard InChI is InChI=1S/C9H15NO3.ClH/c1-2-3-4-5-6-7(11)8(10)9(12)13;/h1,7-8,11H,3-6,10H2,(H,12,13);1H. The molecular weight excluding hydrogens is 206 g/mol. The molecule has 0 aliphatic carbocycles. The number of carboxylic acid groups (broad SMARTS) is 1. The lowest BCUT2D eigenvalue weighted by Gasteiger charge is -2.13. The van der Waals surface area contributed by atoms with Gasteiger partial charge < -0.3 is 15.9 Å². The van der Waals surface area contributed by atoms with Crippen molar-refractivity contribution in [1.29, 1.82) is 0 Å². The van der Waals surface area contributed by atoms with Gasteiger partial charge in [0.1, 0.15) is 6.04 Å². The highest BCUT2D eigenvalue weighted by Crippen LogP contribution is 2.05. The monoisotopic (exact) mass is 221 g/mol. The molecule has 0 saturated carbocycles. The first-order valence-corrected chi connectivity index (χ1v) is 4.19. The summed E-state index contributed by atoms with van der Waals surface area (Å²) in [5.41, 5.74) is 5.18. The van der Waals surface area contributed by atoms with Crippen LogP contribution in [0.5, 0.6) is 0 Å². The zero-order valence-corrected chi connectivity index (χ0v) is 8.67. The van der Waals surface area contributed by atoms with Gasteiger partial charge in [-0.2, -0.15) is 0 Å². The number of unbranched alkanes of at least 4 members (excludes halogenated alkanes) is 2. The molecule has 0 radical (unpaired) electrons. The highest BCUT2D eigenvalue weighted by atomic mass is 35.5. The second kappa shape index (κ2) is 8.82. The van der Waals surface area contributed by atoms with Crippen molar-refractivity contribution in [2.45, 2.75) is 37.8 Å². The van der Waals surface area contributed by atoms with Crippen molar-refractivity contribution in [3.05, 3.63) is 0 Å². The predicted molar refractivity (Wildman–Crippen MR) is 56.2 cm³/mol. The summed E-state index contributed by atoms with van der Waals surface area (Å²) >= 11 is 0. The van der Waals surface area contributed by atoms with Crippen LogP contribution in [0.1, 0.15) is 25.7 Å². The number of nitrogens with two attached hydrogens (primary N) is 1. The Morgan fingerprint density at radius 1 is 1.50 bits per heavy atom. The second-order valence-electron chi connectivity index (χ2n) is 2.88. The van der Waals surface area contributed by atoms with Crippen molar-refractivity contribution in [3.63, 3.8) is 0 Å². The molecule has 0 aromatic carbocycles. The number of hydrogen-bond donors (Lipinski definition) is 3. The van der Waals surface area contributed by atoms with Crippen LogP contribution >= 0.6 is 12.4 Å². The van der Waals surface area contributed by atoms with E-state index in [1.165, 1.54) is 0 Å². The van der Waals surface area contributed by atoms with Crippen LogP contribution in [0, 0.1) is 12.3 Å². The van der Waals surface area contributed by atoms with E-state index in [9.17, 15) is 9.90 Å². The summed E-state index contributed by atoms with van der Waals surface area (Å²) in [7, 11) is 0. The minimum Gasteiger partial charge on any atom is -0.480 e. The normalized spacial score (nSPS) is 13.5. The molecule has 0 aliphatic heterocycles. The Balaban J connectivity index is 0. The maximum absolute atomic E-state index is 10.3. The Morgan fingerprint density at radius 3 is 2.50 bits per heavy atom. The molecule has 0 aromatic rings. The van der Waals surface area contributed by atoms with Crippen LogP contribution < -0.4 is 5.73 Å². The number of carbonyl (C=O) groups is 1. The van der Waals surface area contributed by atoms with Crippen LogP contribution in [0.25, 0.3) is 0 Å². The second-order valence-corrected chi connectivity index (χ2v) is 2.88. The van der Waals surface area contributed by atoms with Crippen molar-refractivity contribution < 1.29 is 15.0 Å². The number of terminal acetylenes is 1. The molecule has 4 nitrogen and oxygen atoms in total. The molecule has 0 fully saturated rings. The van der Waals surface area contributed by atoms with E-state index in [0.717, 1.165) is 6.42 Å². The number of aliphatic hydroxyl groups is 1. The van der Waals surface area contributed by atoms with Crippen molar-refractivity contribution in [1.82, 2.24) is 0 Å². The van der Waals surface area contributed by atoms with Crippen molar-refractivity contribution in [2.75, 3.05) is 0 Å². The summed E-state index contributed by atoms with van der Waals surface area (Å²) in [5, 5.41) is 17.7. The zero-order chi connectivity index (χ0) is 10.3. The van der Waals surface area contributed by atoms with Crippen LogP contribution in [0.4, 0.5) is 0 Å². The largest absolute Gasteiger partial charge is 0.480 e. The molecule has 82 valence electrons. The molecule has 14 heavy (non-hydrogen) atoms. The lowest BCUT2D eigenvalue weighted by molar-refractivity contribution is -0.141. The zero-order valence-electron chi connectivity index (χ0n) is 7.85. The molecule has 0 bridgehead atoms. The minimum atomic E-state index is -1.19. The Hall–Kier alpha value is -0.760. The summed E-state index contributed by atoms with van der Waals surface area (Å²) in [4.78, 5) is 10.3. The lowest BCUT2D eigenvalue weighted by atomic mass is 10.0. The first kappa shape index (κ1) is 15.7. The Morgan fingerprint density at radius 2 is 2.07 bits per heavy atom. The van der Waals surface area contributed by atoms with E-state index in [-0.39, 0.29) is 12.4 Å². The quantitative estimate of drug-likeness (QED) is 0.447. The molecule has 5 heteroatoms. The van der Waals surface area contributed by atoms with Gasteiger partial charge in [-0.05, 0) is 19.3 Å². The third-order valence-electron chi connectivity index (χ3n) is 1.77. The van der Waals surface area contributed by atoms with E-state index in [4.69, 9.17) is 17.3 Å². The van der Waals surface area contributed by atoms with Crippen LogP contribution in [0.15, 0.2) is 0 Å². The van der Waals surface area contributed by atoms with Crippen LogP contribution in [-0.2, 0) is 4.79 Å². The summed E-state index contributed by atoms with van der Waals surface area (Å²) in [6, 6.07) is -1.19. The Kier molecular flexibility index (Phi) is 9.89. The molecule has 0 spiro atoms. The highest BCUT2D eigenvalue weighted by molar-refractivity contribution is 5.85. The fourth-order valence-electron chi connectivity index (χ4n) is 0.925. The Bertz CT molecular complexity index is 203. The van der Waals surface area contributed by atoms with Crippen LogP contribution in [0.3, 0.4) is 0 Å². The van der Waals surface area contributed by atoms with E-state index in [1.807, 2.05) is 0 Å². The van der Waals surface area contributed by atoms with Gasteiger partial charge in [-0.3, -0.25) is 4.79 Å². The van der Waals surface area contributed by atoms with Gasteiger partial charge in [0.15, 0.2) is 0 Å². The topological polar surface area (TPSA) is 83.5 Å². The molecular formula is C9H16ClNO3. The molecule has 0 aliphatic rings. The molecule has 0 aromatic heterocycles. The van der Waals surface area contributed by atoms with E-state index >= 15 is 0 Å². The van der Waals surface area contributed by atoms with Gasteiger partial charge in [0.05, 0.1) is 6.10 Å². The molecule has 0 saturated heterocycles. The molecule has 4 N–H and O–H groups in total. The molecule has 0 rings (SSSR count). The smallest absolute Gasteiger partial charge is 0.323 e. The number of halogens is 1. The van der Waals surface area contributed by atoms with E-state index < -0.39 is 18.1 Å². The highest BCUT2D eigenvalue weighted by Gasteiger charge is 2.20. The van der Waals surface area contributed by atoms with Crippen molar-refractivity contribution >= 4 is 18.4 Å². The van der Waals surface area contributed by atoms with E-state index in [2.05, 4.69) is 5.92 Å². The third-order valence-corrected chi connectivity index (χ3v) is 1.77. The maximum Gasteiger partial charge on any atom is 0.323 e. The van der Waals surface area contributed by atoms with Crippen LogP contribution in [0.2, 0.25) is 0 Å². The third kappa shape index (κ3) is 6.72. The van der Waals surface area contributed by atoms with Gasteiger partial charge in [0, 0.05) is 6.42 Å². The van der Waals surface area contributed by atoms with Crippen molar-refractivity contribution in [3.8, 4) is 12.3 Å². The molecule has 0 amide bonds. The molecule has 2 unspecified atom stereocenters. The first-order chi connectivity index (χ1) is 6.09. The average Bonchev–Trinajstić information content (AvgIpc) is 2.10. The summed E-state index contributed by atoms with van der Waals surface area (Å²) in [6.07, 6.45) is 6.57. The van der Waals surface area contributed by atoms with Gasteiger partial charge in [-0.1, -0.05) is 0 Å². The summed E-state index contributed by atoms with van der Waals surface area (Å²) in [5.74, 6) is 1.29.